The van der Waals surface area contributed by atoms with Gasteiger partial charge in [0.05, 0.1) is 18.4 Å². The van der Waals surface area contributed by atoms with Crippen LogP contribution in [0.3, 0.4) is 0 Å². The number of anilines is 1. The summed E-state index contributed by atoms with van der Waals surface area (Å²) in [6, 6.07) is 5.03. The highest BCUT2D eigenvalue weighted by molar-refractivity contribution is 5.57. The molecule has 1 aliphatic rings. The molecule has 1 fully saturated rings. The van der Waals surface area contributed by atoms with Crippen LogP contribution in [0.4, 0.5) is 10.1 Å². The van der Waals surface area contributed by atoms with E-state index in [4.69, 9.17) is 5.11 Å². The molecular weight excluding hydrogens is 221 g/mol. The summed E-state index contributed by atoms with van der Waals surface area (Å²) in [5, 5.41) is 18.8. The Labute approximate surface area is 100 Å². The number of nitrogens with zero attached hydrogens (tertiary/aromatic N) is 1. The minimum Gasteiger partial charge on any atom is -0.395 e. The van der Waals surface area contributed by atoms with Crippen molar-refractivity contribution in [3.05, 3.63) is 29.6 Å². The fourth-order valence-electron chi connectivity index (χ4n) is 2.14. The third-order valence-corrected chi connectivity index (χ3v) is 3.08. The first kappa shape index (κ1) is 12.3. The molecule has 94 valence electrons. The third kappa shape index (κ3) is 2.58. The van der Waals surface area contributed by atoms with E-state index in [0.29, 0.717) is 23.8 Å². The summed E-state index contributed by atoms with van der Waals surface area (Å²) in [6.07, 6.45) is 1.34. The van der Waals surface area contributed by atoms with Crippen molar-refractivity contribution in [1.29, 1.82) is 0 Å². The van der Waals surface area contributed by atoms with E-state index < -0.39 is 6.10 Å². The Morgan fingerprint density at radius 2 is 2.18 bits per heavy atom. The second-order valence-corrected chi connectivity index (χ2v) is 4.50. The van der Waals surface area contributed by atoms with E-state index in [0.717, 1.165) is 12.8 Å². The summed E-state index contributed by atoms with van der Waals surface area (Å²) < 4.78 is 13.9. The number of aliphatic hydroxyl groups excluding tert-OH is 2. The number of halogens is 1. The van der Waals surface area contributed by atoms with Gasteiger partial charge in [-0.15, -0.1) is 0 Å². The first-order valence-corrected chi connectivity index (χ1v) is 5.99. The number of para-hydroxylation sites is 1. The van der Waals surface area contributed by atoms with Gasteiger partial charge in [0.25, 0.3) is 0 Å². The standard InChI is InChI=1S/C13H18FNO2/c1-9(17)11-3-2-4-12(14)13(11)15(7-8-16)10-5-6-10/h2-4,9-10,16-17H,5-8H2,1H3/t9-/m0/s1. The first-order chi connectivity index (χ1) is 8.15. The lowest BCUT2D eigenvalue weighted by Gasteiger charge is -2.27. The van der Waals surface area contributed by atoms with Crippen molar-refractivity contribution >= 4 is 5.69 Å². The maximum absolute atomic E-state index is 13.9. The monoisotopic (exact) mass is 239 g/mol. The van der Waals surface area contributed by atoms with Crippen LogP contribution in [0.25, 0.3) is 0 Å². The van der Waals surface area contributed by atoms with Gasteiger partial charge >= 0.3 is 0 Å². The third-order valence-electron chi connectivity index (χ3n) is 3.08. The normalized spacial score (nSPS) is 16.9. The van der Waals surface area contributed by atoms with Gasteiger partial charge in [0.1, 0.15) is 5.82 Å². The molecule has 1 atom stereocenters. The van der Waals surface area contributed by atoms with Crippen LogP contribution >= 0.6 is 0 Å². The number of hydrogen-bond acceptors (Lipinski definition) is 3. The Bertz CT molecular complexity index is 391. The van der Waals surface area contributed by atoms with Crippen molar-refractivity contribution < 1.29 is 14.6 Å². The second-order valence-electron chi connectivity index (χ2n) is 4.50. The molecule has 1 saturated carbocycles. The average molecular weight is 239 g/mol. The smallest absolute Gasteiger partial charge is 0.146 e. The van der Waals surface area contributed by atoms with Gasteiger partial charge in [0, 0.05) is 18.2 Å². The molecule has 4 heteroatoms. The van der Waals surface area contributed by atoms with Crippen LogP contribution in [-0.2, 0) is 0 Å². The van der Waals surface area contributed by atoms with Crippen molar-refractivity contribution in [2.45, 2.75) is 31.9 Å². The first-order valence-electron chi connectivity index (χ1n) is 5.99. The molecule has 1 aliphatic carbocycles. The molecule has 0 spiro atoms. The number of hydrogen-bond donors (Lipinski definition) is 2. The summed E-state index contributed by atoms with van der Waals surface area (Å²) in [6.45, 7) is 2.03. The quantitative estimate of drug-likeness (QED) is 0.824. The maximum Gasteiger partial charge on any atom is 0.146 e. The minimum absolute atomic E-state index is 0.00984. The average Bonchev–Trinajstić information content (AvgIpc) is 3.10. The molecular formula is C13H18FNO2. The Kier molecular flexibility index (Phi) is 3.64. The number of rotatable bonds is 5. The van der Waals surface area contributed by atoms with Crippen molar-refractivity contribution in [3.8, 4) is 0 Å². The highest BCUT2D eigenvalue weighted by Crippen LogP contribution is 2.37. The van der Waals surface area contributed by atoms with Crippen LogP contribution in [0.2, 0.25) is 0 Å². The molecule has 0 unspecified atom stereocenters. The van der Waals surface area contributed by atoms with Gasteiger partial charge in [0.2, 0.25) is 0 Å². The molecule has 0 bridgehead atoms. The Morgan fingerprint density at radius 1 is 1.47 bits per heavy atom. The lowest BCUT2D eigenvalue weighted by molar-refractivity contribution is 0.199. The van der Waals surface area contributed by atoms with Crippen molar-refractivity contribution in [1.82, 2.24) is 0 Å². The second kappa shape index (κ2) is 5.02. The fourth-order valence-corrected chi connectivity index (χ4v) is 2.14. The van der Waals surface area contributed by atoms with Crippen LogP contribution in [0.15, 0.2) is 18.2 Å². The molecule has 3 nitrogen and oxygen atoms in total. The van der Waals surface area contributed by atoms with Crippen LogP contribution < -0.4 is 4.90 Å². The number of aliphatic hydroxyl groups is 2. The topological polar surface area (TPSA) is 43.7 Å². The lowest BCUT2D eigenvalue weighted by Crippen LogP contribution is -2.31. The number of benzene rings is 1. The van der Waals surface area contributed by atoms with Gasteiger partial charge in [0.15, 0.2) is 0 Å². The lowest BCUT2D eigenvalue weighted by atomic mass is 10.1. The highest BCUT2D eigenvalue weighted by atomic mass is 19.1. The van der Waals surface area contributed by atoms with E-state index >= 15 is 0 Å². The molecule has 0 aromatic heterocycles. The van der Waals surface area contributed by atoms with Gasteiger partial charge in [-0.3, -0.25) is 0 Å². The predicted octanol–water partition coefficient (Wildman–Crippen LogP) is 1.84. The summed E-state index contributed by atoms with van der Waals surface area (Å²) in [7, 11) is 0. The Balaban J connectivity index is 2.39. The van der Waals surface area contributed by atoms with Crippen molar-refractivity contribution in [2.75, 3.05) is 18.1 Å². The molecule has 17 heavy (non-hydrogen) atoms. The zero-order chi connectivity index (χ0) is 12.4. The Hall–Kier alpha value is -1.13. The van der Waals surface area contributed by atoms with E-state index in [2.05, 4.69) is 0 Å². The maximum atomic E-state index is 13.9. The van der Waals surface area contributed by atoms with Crippen LogP contribution in [0.1, 0.15) is 31.4 Å². The summed E-state index contributed by atoms with van der Waals surface area (Å²) in [5.74, 6) is -0.330. The predicted molar refractivity (Wildman–Crippen MR) is 64.5 cm³/mol. The van der Waals surface area contributed by atoms with E-state index in [9.17, 15) is 9.50 Å². The molecule has 1 aromatic rings. The molecule has 0 heterocycles. The summed E-state index contributed by atoms with van der Waals surface area (Å²) >= 11 is 0. The van der Waals surface area contributed by atoms with E-state index in [-0.39, 0.29) is 12.4 Å². The molecule has 0 aliphatic heterocycles. The fraction of sp³-hybridized carbons (Fsp3) is 0.538. The van der Waals surface area contributed by atoms with Gasteiger partial charge in [-0.2, -0.15) is 0 Å². The van der Waals surface area contributed by atoms with Crippen LogP contribution in [0, 0.1) is 5.82 Å². The van der Waals surface area contributed by atoms with Crippen LogP contribution in [-0.4, -0.2) is 29.4 Å². The minimum atomic E-state index is -0.708. The summed E-state index contributed by atoms with van der Waals surface area (Å²) in [4.78, 5) is 1.87. The zero-order valence-corrected chi connectivity index (χ0v) is 9.93. The van der Waals surface area contributed by atoms with Gasteiger partial charge in [-0.05, 0) is 25.8 Å². The Morgan fingerprint density at radius 3 is 2.71 bits per heavy atom. The van der Waals surface area contributed by atoms with Crippen LogP contribution in [0.5, 0.6) is 0 Å². The summed E-state index contributed by atoms with van der Waals surface area (Å²) in [5.41, 5.74) is 1.03. The molecule has 0 radical (unpaired) electrons. The van der Waals surface area contributed by atoms with E-state index in [1.807, 2.05) is 4.90 Å². The largest absolute Gasteiger partial charge is 0.395 e. The molecule has 0 saturated heterocycles. The highest BCUT2D eigenvalue weighted by Gasteiger charge is 2.32. The molecule has 2 rings (SSSR count). The van der Waals surface area contributed by atoms with Gasteiger partial charge in [-0.25, -0.2) is 4.39 Å². The van der Waals surface area contributed by atoms with Gasteiger partial charge < -0.3 is 15.1 Å². The van der Waals surface area contributed by atoms with Gasteiger partial charge in [-0.1, -0.05) is 12.1 Å². The van der Waals surface area contributed by atoms with Crippen molar-refractivity contribution in [2.24, 2.45) is 0 Å². The van der Waals surface area contributed by atoms with E-state index in [1.165, 1.54) is 6.07 Å². The van der Waals surface area contributed by atoms with E-state index in [1.54, 1.807) is 19.1 Å². The molecule has 2 N–H and O–H groups in total. The van der Waals surface area contributed by atoms with Crippen molar-refractivity contribution in [3.63, 3.8) is 0 Å². The SMILES string of the molecule is C[C@H](O)c1cccc(F)c1N(CCO)C1CC1. The zero-order valence-electron chi connectivity index (χ0n) is 9.93. The molecule has 0 amide bonds. The molecule has 1 aromatic carbocycles.